The van der Waals surface area contributed by atoms with Crippen LogP contribution in [0.1, 0.15) is 33.6 Å². The van der Waals surface area contributed by atoms with Crippen molar-refractivity contribution in [1.29, 1.82) is 0 Å². The van der Waals surface area contributed by atoms with E-state index in [1.54, 1.807) is 13.8 Å². The van der Waals surface area contributed by atoms with Gasteiger partial charge in [-0.1, -0.05) is 41.9 Å². The lowest BCUT2D eigenvalue weighted by atomic mass is 10.1. The highest BCUT2D eigenvalue weighted by atomic mass is 35.5. The molecule has 0 bridgehead atoms. The van der Waals surface area contributed by atoms with Gasteiger partial charge in [0.1, 0.15) is 5.56 Å². The van der Waals surface area contributed by atoms with Crippen molar-refractivity contribution >= 4 is 17.5 Å². The number of H-pyrrole nitrogens is 1. The van der Waals surface area contributed by atoms with Crippen LogP contribution in [-0.4, -0.2) is 34.9 Å². The Balaban J connectivity index is 1.65. The topological polar surface area (TPSA) is 65.2 Å². The summed E-state index contributed by atoms with van der Waals surface area (Å²) >= 11 is 6.17. The zero-order valence-corrected chi connectivity index (χ0v) is 15.2. The summed E-state index contributed by atoms with van der Waals surface area (Å²) in [6, 6.07) is 10.3. The molecule has 5 nitrogen and oxygen atoms in total. The number of carbonyl (C=O) groups is 1. The number of nitrogens with zero attached hydrogens (tertiary/aromatic N) is 1. The molecule has 3 rings (SSSR count). The van der Waals surface area contributed by atoms with E-state index in [4.69, 9.17) is 11.6 Å². The lowest BCUT2D eigenvalue weighted by Crippen LogP contribution is -2.40. The lowest BCUT2D eigenvalue weighted by Gasteiger charge is -2.17. The maximum atomic E-state index is 12.6. The Hall–Kier alpha value is -2.11. The molecule has 25 heavy (non-hydrogen) atoms. The first kappa shape index (κ1) is 17.7. The number of halogens is 1. The summed E-state index contributed by atoms with van der Waals surface area (Å²) in [6.07, 6.45) is 0.870. The van der Waals surface area contributed by atoms with E-state index in [9.17, 15) is 9.59 Å². The van der Waals surface area contributed by atoms with E-state index in [0.717, 1.165) is 26.1 Å². The molecule has 2 heterocycles. The average molecular weight is 360 g/mol. The number of benzene rings is 1. The first-order valence-corrected chi connectivity index (χ1v) is 8.79. The quantitative estimate of drug-likeness (QED) is 0.882. The molecule has 1 aromatic carbocycles. The fourth-order valence-electron chi connectivity index (χ4n) is 3.32. The Morgan fingerprint density at radius 3 is 2.76 bits per heavy atom. The summed E-state index contributed by atoms with van der Waals surface area (Å²) in [6.45, 7) is 5.98. The number of pyridine rings is 1. The van der Waals surface area contributed by atoms with Gasteiger partial charge in [0.05, 0.1) is 5.02 Å². The average Bonchev–Trinajstić information content (AvgIpc) is 3.00. The van der Waals surface area contributed by atoms with Gasteiger partial charge < -0.3 is 10.3 Å². The number of amides is 1. The summed E-state index contributed by atoms with van der Waals surface area (Å²) < 4.78 is 0. The molecule has 1 aliphatic rings. The van der Waals surface area contributed by atoms with Crippen molar-refractivity contribution in [1.82, 2.24) is 15.2 Å². The van der Waals surface area contributed by atoms with Crippen LogP contribution in [0.2, 0.25) is 5.02 Å². The molecule has 1 amide bonds. The molecule has 132 valence electrons. The zero-order chi connectivity index (χ0) is 18.0. The molecule has 1 saturated heterocycles. The number of likely N-dealkylation sites (tertiary alicyclic amines) is 1. The van der Waals surface area contributed by atoms with Crippen molar-refractivity contribution < 1.29 is 4.79 Å². The molecule has 1 fully saturated rings. The number of nitrogens with one attached hydrogen (secondary N) is 2. The molecule has 1 aliphatic heterocycles. The van der Waals surface area contributed by atoms with Crippen molar-refractivity contribution in [2.75, 3.05) is 13.1 Å². The standard InChI is InChI=1S/C19H22ClN3O2/c1-12-16(18(24)21-13(2)17(12)20)19(25)22-15-8-9-23(11-15)10-14-6-4-3-5-7-14/h3-7,15H,8-11H2,1-2H3,(H,21,24)(H,22,25)/t15-/m0/s1. The second-order valence-corrected chi connectivity index (χ2v) is 6.95. The van der Waals surface area contributed by atoms with Gasteiger partial charge in [0.2, 0.25) is 0 Å². The normalized spacial score (nSPS) is 17.6. The Kier molecular flexibility index (Phi) is 5.25. The molecule has 6 heteroatoms. The molecule has 0 spiro atoms. The van der Waals surface area contributed by atoms with Crippen molar-refractivity contribution in [3.63, 3.8) is 0 Å². The fourth-order valence-corrected chi connectivity index (χ4v) is 3.46. The predicted octanol–water partition coefficient (Wildman–Crippen LogP) is 2.65. The minimum atomic E-state index is -0.393. The summed E-state index contributed by atoms with van der Waals surface area (Å²) in [4.78, 5) is 29.7. The van der Waals surface area contributed by atoms with Crippen LogP contribution < -0.4 is 10.9 Å². The second-order valence-electron chi connectivity index (χ2n) is 6.57. The smallest absolute Gasteiger partial charge is 0.261 e. The van der Waals surface area contributed by atoms with Crippen LogP contribution in [0.25, 0.3) is 0 Å². The minimum Gasteiger partial charge on any atom is -0.348 e. The van der Waals surface area contributed by atoms with E-state index in [0.29, 0.717) is 16.3 Å². The van der Waals surface area contributed by atoms with Gasteiger partial charge in [-0.15, -0.1) is 0 Å². The Labute approximate surface area is 152 Å². The molecular formula is C19H22ClN3O2. The van der Waals surface area contributed by atoms with E-state index in [1.165, 1.54) is 5.56 Å². The third-order valence-electron chi connectivity index (χ3n) is 4.65. The van der Waals surface area contributed by atoms with Gasteiger partial charge in [-0.2, -0.15) is 0 Å². The van der Waals surface area contributed by atoms with Crippen LogP contribution >= 0.6 is 11.6 Å². The van der Waals surface area contributed by atoms with Gasteiger partial charge >= 0.3 is 0 Å². The Morgan fingerprint density at radius 1 is 1.32 bits per heavy atom. The first-order valence-electron chi connectivity index (χ1n) is 8.42. The van der Waals surface area contributed by atoms with Crippen LogP contribution in [0.15, 0.2) is 35.1 Å². The highest BCUT2D eigenvalue weighted by molar-refractivity contribution is 6.32. The molecular weight excluding hydrogens is 338 g/mol. The number of aryl methyl sites for hydroxylation is 1. The maximum Gasteiger partial charge on any atom is 0.261 e. The summed E-state index contributed by atoms with van der Waals surface area (Å²) in [5.74, 6) is -0.354. The lowest BCUT2D eigenvalue weighted by molar-refractivity contribution is 0.0935. The van der Waals surface area contributed by atoms with Crippen molar-refractivity contribution in [3.05, 3.63) is 68.1 Å². The van der Waals surface area contributed by atoms with Crippen LogP contribution in [0.3, 0.4) is 0 Å². The number of aromatic amines is 1. The van der Waals surface area contributed by atoms with Gasteiger partial charge in [0, 0.05) is 31.4 Å². The van der Waals surface area contributed by atoms with Crippen LogP contribution in [0, 0.1) is 13.8 Å². The van der Waals surface area contributed by atoms with Gasteiger partial charge in [0.25, 0.3) is 11.5 Å². The van der Waals surface area contributed by atoms with E-state index in [2.05, 4.69) is 27.3 Å². The Bertz CT molecular complexity index is 833. The molecule has 0 aliphatic carbocycles. The largest absolute Gasteiger partial charge is 0.348 e. The van der Waals surface area contributed by atoms with Crippen LogP contribution in [-0.2, 0) is 6.54 Å². The molecule has 0 saturated carbocycles. The fraction of sp³-hybridized carbons (Fsp3) is 0.368. The van der Waals surface area contributed by atoms with Crippen LogP contribution in [0.5, 0.6) is 0 Å². The maximum absolute atomic E-state index is 12.6. The van der Waals surface area contributed by atoms with Gasteiger partial charge in [-0.05, 0) is 31.4 Å². The summed E-state index contributed by atoms with van der Waals surface area (Å²) in [5, 5.41) is 3.41. The number of carbonyl (C=O) groups excluding carboxylic acids is 1. The molecule has 2 N–H and O–H groups in total. The molecule has 1 atom stereocenters. The van der Waals surface area contributed by atoms with Gasteiger partial charge in [0.15, 0.2) is 0 Å². The monoisotopic (exact) mass is 359 g/mol. The highest BCUT2D eigenvalue weighted by Gasteiger charge is 2.26. The molecule has 1 aromatic heterocycles. The summed E-state index contributed by atoms with van der Waals surface area (Å²) in [5.41, 5.74) is 2.08. The van der Waals surface area contributed by atoms with Crippen molar-refractivity contribution in [3.8, 4) is 0 Å². The number of hydrogen-bond acceptors (Lipinski definition) is 3. The van der Waals surface area contributed by atoms with Crippen molar-refractivity contribution in [2.45, 2.75) is 32.9 Å². The SMILES string of the molecule is Cc1[nH]c(=O)c(C(=O)N[C@H]2CCN(Cc3ccccc3)C2)c(C)c1Cl. The third kappa shape index (κ3) is 3.94. The van der Waals surface area contributed by atoms with Crippen LogP contribution in [0.4, 0.5) is 0 Å². The van der Waals surface area contributed by atoms with E-state index in [1.807, 2.05) is 18.2 Å². The third-order valence-corrected chi connectivity index (χ3v) is 5.21. The molecule has 0 radical (unpaired) electrons. The van der Waals surface area contributed by atoms with Crippen molar-refractivity contribution in [2.24, 2.45) is 0 Å². The Morgan fingerprint density at radius 2 is 2.04 bits per heavy atom. The number of hydrogen-bond donors (Lipinski definition) is 2. The van der Waals surface area contributed by atoms with E-state index in [-0.39, 0.29) is 17.5 Å². The van der Waals surface area contributed by atoms with E-state index < -0.39 is 5.56 Å². The minimum absolute atomic E-state index is 0.0371. The number of rotatable bonds is 4. The summed E-state index contributed by atoms with van der Waals surface area (Å²) in [7, 11) is 0. The highest BCUT2D eigenvalue weighted by Crippen LogP contribution is 2.20. The number of aromatic nitrogens is 1. The van der Waals surface area contributed by atoms with Gasteiger partial charge in [-0.3, -0.25) is 14.5 Å². The predicted molar refractivity (Wildman–Crippen MR) is 99.1 cm³/mol. The zero-order valence-electron chi connectivity index (χ0n) is 14.4. The first-order chi connectivity index (χ1) is 12.0. The van der Waals surface area contributed by atoms with Gasteiger partial charge in [-0.25, -0.2) is 0 Å². The molecule has 0 unspecified atom stereocenters. The second kappa shape index (κ2) is 7.42. The molecule has 2 aromatic rings. The van der Waals surface area contributed by atoms with E-state index >= 15 is 0 Å².